The highest BCUT2D eigenvalue weighted by Gasteiger charge is 2.44. The standard InChI is InChI=1S/C40H54N4O6S/c1-26-11-15-34-30(18-26)9-7-17-40(34)24-44-22-32-12-14-33(32)36(49-5)10-6-8-27(2)28(3)51(47,42-39(46)43-20-29(21-43)23-48-4)41-38(45)31-13-16-37(50-25-40)35(44)19-31/h6,10-11,13,15-16,18-19,27-29,32-33,36H,7-9,12,14,17,20-25H2,1-5H3,(H,41,42,45,46,47)/b10-6+/t27-,28+,32-,33+,36-,40-,51?/m0/s1. The van der Waals surface area contributed by atoms with Crippen molar-refractivity contribution in [1.82, 2.24) is 9.62 Å². The number of nitrogens with zero attached hydrogens (tertiary/aromatic N) is 3. The van der Waals surface area contributed by atoms with Gasteiger partial charge in [-0.25, -0.2) is 13.7 Å². The van der Waals surface area contributed by atoms with Gasteiger partial charge in [0.05, 0.1) is 30.3 Å². The first-order valence-electron chi connectivity index (χ1n) is 18.7. The van der Waals surface area contributed by atoms with Crippen molar-refractivity contribution in [1.29, 1.82) is 0 Å². The van der Waals surface area contributed by atoms with Crippen LogP contribution in [0.15, 0.2) is 52.9 Å². The molecule has 3 aliphatic heterocycles. The molecule has 2 bridgehead atoms. The third-order valence-electron chi connectivity index (χ3n) is 12.3. The molecule has 1 N–H and O–H groups in total. The van der Waals surface area contributed by atoms with Gasteiger partial charge in [0, 0.05) is 57.3 Å². The summed E-state index contributed by atoms with van der Waals surface area (Å²) in [6.45, 7) is 9.66. The van der Waals surface area contributed by atoms with E-state index in [0.29, 0.717) is 50.1 Å². The van der Waals surface area contributed by atoms with Crippen LogP contribution in [0, 0.1) is 30.6 Å². The molecule has 2 aromatic carbocycles. The minimum atomic E-state index is -3.53. The average molecular weight is 719 g/mol. The molecule has 3 heterocycles. The van der Waals surface area contributed by atoms with Gasteiger partial charge in [0.25, 0.3) is 5.91 Å². The predicted molar refractivity (Wildman–Crippen MR) is 200 cm³/mol. The fourth-order valence-electron chi connectivity index (χ4n) is 8.92. The van der Waals surface area contributed by atoms with Crippen molar-refractivity contribution in [3.8, 4) is 5.75 Å². The predicted octanol–water partition coefficient (Wildman–Crippen LogP) is 6.30. The first-order valence-corrected chi connectivity index (χ1v) is 20.3. The van der Waals surface area contributed by atoms with Gasteiger partial charge in [-0.15, -0.1) is 4.36 Å². The highest BCUT2D eigenvalue weighted by molar-refractivity contribution is 7.93. The zero-order valence-electron chi connectivity index (χ0n) is 30.8. The summed E-state index contributed by atoms with van der Waals surface area (Å²) < 4.78 is 39.9. The average Bonchev–Trinajstić information content (AvgIpc) is 3.23. The van der Waals surface area contributed by atoms with Crippen LogP contribution < -0.4 is 14.4 Å². The van der Waals surface area contributed by atoms with Crippen LogP contribution in [-0.4, -0.2) is 86.0 Å². The third kappa shape index (κ3) is 7.05. The van der Waals surface area contributed by atoms with E-state index >= 15 is 0 Å². The summed E-state index contributed by atoms with van der Waals surface area (Å²) in [4.78, 5) is 31.5. The van der Waals surface area contributed by atoms with Crippen LogP contribution in [0.1, 0.15) is 73.0 Å². The van der Waals surface area contributed by atoms with Crippen LogP contribution >= 0.6 is 0 Å². The molecule has 2 aliphatic carbocycles. The van der Waals surface area contributed by atoms with Crippen molar-refractivity contribution in [3.63, 3.8) is 0 Å². The van der Waals surface area contributed by atoms with Crippen LogP contribution in [0.2, 0.25) is 0 Å². The molecule has 0 radical (unpaired) electrons. The van der Waals surface area contributed by atoms with E-state index in [1.54, 1.807) is 25.2 Å². The lowest BCUT2D eigenvalue weighted by molar-refractivity contribution is 0.0131. The molecular formula is C40H54N4O6S. The Morgan fingerprint density at radius 2 is 1.94 bits per heavy atom. The van der Waals surface area contributed by atoms with Crippen molar-refractivity contribution in [3.05, 3.63) is 70.8 Å². The van der Waals surface area contributed by atoms with E-state index in [-0.39, 0.29) is 23.4 Å². The lowest BCUT2D eigenvalue weighted by Crippen LogP contribution is -2.57. The number of carbonyl (C=O) groups is 2. The molecular weight excluding hydrogens is 665 g/mol. The second kappa shape index (κ2) is 14.5. The van der Waals surface area contributed by atoms with Crippen LogP contribution in [-0.2, 0) is 31.2 Å². The van der Waals surface area contributed by atoms with Crippen LogP contribution in [0.25, 0.3) is 0 Å². The summed E-state index contributed by atoms with van der Waals surface area (Å²) in [5.74, 6) is 0.996. The molecule has 1 saturated heterocycles. The van der Waals surface area contributed by atoms with E-state index < -0.39 is 27.1 Å². The number of allylic oxidation sites excluding steroid dienone is 1. The molecule has 1 spiro atoms. The Hall–Kier alpha value is -3.41. The third-order valence-corrected chi connectivity index (χ3v) is 14.7. The Morgan fingerprint density at radius 1 is 1.12 bits per heavy atom. The highest BCUT2D eigenvalue weighted by Crippen LogP contribution is 2.47. The molecule has 276 valence electrons. The fourth-order valence-corrected chi connectivity index (χ4v) is 10.8. The first-order chi connectivity index (χ1) is 24.5. The Bertz CT molecular complexity index is 1800. The van der Waals surface area contributed by atoms with E-state index in [1.165, 1.54) is 16.7 Å². The molecule has 5 aliphatic rings. The number of nitrogens with one attached hydrogen (secondary N) is 1. The number of urea groups is 1. The van der Waals surface area contributed by atoms with Crippen LogP contribution in [0.5, 0.6) is 5.75 Å². The number of ether oxygens (including phenoxy) is 3. The lowest BCUT2D eigenvalue weighted by Gasteiger charge is -2.46. The molecule has 1 saturated carbocycles. The number of benzene rings is 2. The summed E-state index contributed by atoms with van der Waals surface area (Å²) >= 11 is 0. The topological polar surface area (TPSA) is 110 Å². The molecule has 2 aromatic rings. The number of hydrogen-bond acceptors (Lipinski definition) is 7. The molecule has 11 heteroatoms. The molecule has 1 unspecified atom stereocenters. The molecule has 3 amide bonds. The second-order valence-electron chi connectivity index (χ2n) is 15.8. The van der Waals surface area contributed by atoms with Gasteiger partial charge in [0.15, 0.2) is 0 Å². The van der Waals surface area contributed by atoms with Crippen LogP contribution in [0.4, 0.5) is 10.5 Å². The number of rotatable bonds is 4. The SMILES string of the molecule is COCC1CN(C(=O)NS2(=O)=NC(=O)c3ccc4c(c3)N(C[C@@H]3CC[C@H]3[C@@H](OC)/C=C/C[C@H](C)[C@H]2C)C[C@@]2(CCCc3cc(C)ccc32)CO4)C1. The van der Waals surface area contributed by atoms with Crippen molar-refractivity contribution >= 4 is 27.5 Å². The Morgan fingerprint density at radius 3 is 2.69 bits per heavy atom. The second-order valence-corrected chi connectivity index (χ2v) is 18.1. The minimum absolute atomic E-state index is 0.0395. The monoisotopic (exact) mass is 718 g/mol. The molecule has 10 nitrogen and oxygen atoms in total. The van der Waals surface area contributed by atoms with E-state index in [1.807, 2.05) is 26.0 Å². The minimum Gasteiger partial charge on any atom is -0.490 e. The molecule has 0 aromatic heterocycles. The number of hydrogen-bond donors (Lipinski definition) is 1. The molecule has 7 atom stereocenters. The number of amides is 3. The number of methoxy groups -OCH3 is 2. The smallest absolute Gasteiger partial charge is 0.329 e. The van der Waals surface area contributed by atoms with Crippen LogP contribution in [0.3, 0.4) is 0 Å². The Kier molecular flexibility index (Phi) is 10.3. The number of anilines is 1. The lowest BCUT2D eigenvalue weighted by atomic mass is 9.68. The number of fused-ring (bicyclic) bond motifs is 4. The normalized spacial score (nSPS) is 33.0. The summed E-state index contributed by atoms with van der Waals surface area (Å²) in [7, 11) is -0.105. The van der Waals surface area contributed by atoms with Gasteiger partial charge in [0.2, 0.25) is 0 Å². The first kappa shape index (κ1) is 36.0. The van der Waals surface area contributed by atoms with Gasteiger partial charge in [-0.1, -0.05) is 42.8 Å². The van der Waals surface area contributed by atoms with Crippen molar-refractivity contribution < 1.29 is 28.0 Å². The Balaban J connectivity index is 1.28. The maximum absolute atomic E-state index is 14.8. The number of aryl methyl sites for hydroxylation is 2. The number of likely N-dealkylation sites (tertiary alicyclic amines) is 1. The van der Waals surface area contributed by atoms with Crippen molar-refractivity contribution in [2.75, 3.05) is 58.5 Å². The Labute approximate surface area is 303 Å². The van der Waals surface area contributed by atoms with Crippen molar-refractivity contribution in [2.24, 2.45) is 28.0 Å². The van der Waals surface area contributed by atoms with Gasteiger partial charge < -0.3 is 24.0 Å². The van der Waals surface area contributed by atoms with Crippen molar-refractivity contribution in [2.45, 2.75) is 76.1 Å². The van der Waals surface area contributed by atoms with E-state index in [0.717, 1.165) is 56.6 Å². The highest BCUT2D eigenvalue weighted by atomic mass is 32.2. The van der Waals surface area contributed by atoms with Gasteiger partial charge in [-0.05, 0) is 99.5 Å². The molecule has 7 rings (SSSR count). The zero-order chi connectivity index (χ0) is 35.9. The number of carbonyl (C=O) groups excluding carboxylic acids is 2. The fraction of sp³-hybridized carbons (Fsp3) is 0.600. The van der Waals surface area contributed by atoms with Gasteiger partial charge in [0.1, 0.15) is 15.7 Å². The maximum Gasteiger partial charge on any atom is 0.329 e. The van der Waals surface area contributed by atoms with Gasteiger partial charge in [-0.2, -0.15) is 0 Å². The van der Waals surface area contributed by atoms with Gasteiger partial charge in [-0.3, -0.25) is 4.79 Å². The summed E-state index contributed by atoms with van der Waals surface area (Å²) in [6, 6.07) is 11.8. The summed E-state index contributed by atoms with van der Waals surface area (Å²) in [6.07, 6.45) is 10.2. The van der Waals surface area contributed by atoms with E-state index in [2.05, 4.69) is 51.3 Å². The van der Waals surface area contributed by atoms with Gasteiger partial charge >= 0.3 is 6.03 Å². The quantitative estimate of drug-likeness (QED) is 0.370. The molecule has 2 fully saturated rings. The summed E-state index contributed by atoms with van der Waals surface area (Å²) in [5.41, 5.74) is 5.03. The molecule has 51 heavy (non-hydrogen) atoms. The van der Waals surface area contributed by atoms with E-state index in [9.17, 15) is 13.8 Å². The van der Waals surface area contributed by atoms with E-state index in [4.69, 9.17) is 14.2 Å². The largest absolute Gasteiger partial charge is 0.490 e. The summed E-state index contributed by atoms with van der Waals surface area (Å²) in [5, 5.41) is -0.605. The maximum atomic E-state index is 14.8. The zero-order valence-corrected chi connectivity index (χ0v) is 31.6.